The summed E-state index contributed by atoms with van der Waals surface area (Å²) >= 11 is 0. The molecule has 0 aliphatic rings. The van der Waals surface area contributed by atoms with Gasteiger partial charge in [-0.05, 0) is 18.2 Å². The number of nitro benzene ring substituents is 1. The highest BCUT2D eigenvalue weighted by molar-refractivity contribution is 5.94. The lowest BCUT2D eigenvalue weighted by molar-refractivity contribution is -0.384. The van der Waals surface area contributed by atoms with Crippen LogP contribution in [0.4, 0.5) is 5.69 Å². The van der Waals surface area contributed by atoms with Gasteiger partial charge in [-0.1, -0.05) is 24.3 Å². The molecule has 0 atom stereocenters. The molecule has 0 fully saturated rings. The van der Waals surface area contributed by atoms with E-state index in [1.54, 1.807) is 30.3 Å². The van der Waals surface area contributed by atoms with E-state index < -0.39 is 10.8 Å². The van der Waals surface area contributed by atoms with E-state index in [1.165, 1.54) is 30.5 Å². The van der Waals surface area contributed by atoms with Crippen molar-refractivity contribution in [1.82, 2.24) is 15.6 Å². The van der Waals surface area contributed by atoms with E-state index in [-0.39, 0.29) is 17.1 Å². The normalized spacial score (nSPS) is 10.8. The van der Waals surface area contributed by atoms with Crippen molar-refractivity contribution in [1.29, 1.82) is 0 Å². The molecule has 0 aliphatic heterocycles. The summed E-state index contributed by atoms with van der Waals surface area (Å²) < 4.78 is 0. The number of nitrogens with one attached hydrogen (secondary N) is 2. The number of non-ortho nitro benzene ring substituents is 1. The number of carbonyl (C=O) groups is 1. The van der Waals surface area contributed by atoms with Crippen LogP contribution in [-0.4, -0.2) is 32.3 Å². The Hall–Kier alpha value is -4.01. The molecule has 2 aromatic carbocycles. The summed E-state index contributed by atoms with van der Waals surface area (Å²) in [6, 6.07) is 13.9. The van der Waals surface area contributed by atoms with Crippen LogP contribution in [-0.2, 0) is 0 Å². The lowest BCUT2D eigenvalue weighted by Crippen LogP contribution is -2.18. The molecule has 0 aliphatic carbocycles. The van der Waals surface area contributed by atoms with Crippen LogP contribution in [0.2, 0.25) is 0 Å². The third-order valence-corrected chi connectivity index (χ3v) is 3.48. The third kappa shape index (κ3) is 3.73. The van der Waals surface area contributed by atoms with Gasteiger partial charge in [0.2, 0.25) is 0 Å². The second-order valence-corrected chi connectivity index (χ2v) is 5.23. The van der Waals surface area contributed by atoms with E-state index in [0.29, 0.717) is 16.8 Å². The molecule has 0 radical (unpaired) electrons. The largest absolute Gasteiger partial charge is 0.507 e. The highest BCUT2D eigenvalue weighted by atomic mass is 16.6. The Balaban J connectivity index is 1.71. The second-order valence-electron chi connectivity index (χ2n) is 5.23. The van der Waals surface area contributed by atoms with Gasteiger partial charge in [0.05, 0.1) is 16.8 Å². The fourth-order valence-electron chi connectivity index (χ4n) is 2.18. The lowest BCUT2D eigenvalue weighted by atomic mass is 10.1. The smallest absolute Gasteiger partial charge is 0.289 e. The van der Waals surface area contributed by atoms with Gasteiger partial charge >= 0.3 is 0 Å². The van der Waals surface area contributed by atoms with Gasteiger partial charge in [-0.15, -0.1) is 0 Å². The Kier molecular flexibility index (Phi) is 4.70. The van der Waals surface area contributed by atoms with Gasteiger partial charge in [0.25, 0.3) is 11.6 Å². The highest BCUT2D eigenvalue weighted by Crippen LogP contribution is 2.22. The van der Waals surface area contributed by atoms with E-state index in [9.17, 15) is 20.0 Å². The Labute approximate surface area is 147 Å². The molecule has 1 amide bonds. The van der Waals surface area contributed by atoms with Crippen molar-refractivity contribution in [2.45, 2.75) is 0 Å². The number of amides is 1. The zero-order chi connectivity index (χ0) is 18.5. The first-order valence-electron chi connectivity index (χ1n) is 7.46. The van der Waals surface area contributed by atoms with Crippen LogP contribution in [0.15, 0.2) is 59.7 Å². The van der Waals surface area contributed by atoms with E-state index in [1.807, 2.05) is 0 Å². The molecule has 9 heteroatoms. The number of para-hydroxylation sites is 1. The fraction of sp³-hybridized carbons (Fsp3) is 0. The third-order valence-electron chi connectivity index (χ3n) is 3.48. The summed E-state index contributed by atoms with van der Waals surface area (Å²) in [4.78, 5) is 22.4. The first-order valence-corrected chi connectivity index (χ1v) is 7.46. The van der Waals surface area contributed by atoms with Gasteiger partial charge in [-0.3, -0.25) is 20.0 Å². The standard InChI is InChI=1S/C17H13N5O4/c23-16-7-2-1-4-12(16)10-18-21-17(24)15-9-14(19-20-15)11-5-3-6-13(8-11)22(25)26/h1-10,23H,(H,19,20)(H,21,24). The number of aromatic amines is 1. The quantitative estimate of drug-likeness (QED) is 0.369. The summed E-state index contributed by atoms with van der Waals surface area (Å²) in [7, 11) is 0. The molecule has 0 unspecified atom stereocenters. The number of hydrogen-bond acceptors (Lipinski definition) is 6. The maximum absolute atomic E-state index is 12.1. The van der Waals surface area contributed by atoms with Crippen LogP contribution >= 0.6 is 0 Å². The molecule has 3 rings (SSSR count). The van der Waals surface area contributed by atoms with Crippen LogP contribution in [0.1, 0.15) is 16.1 Å². The predicted molar refractivity (Wildman–Crippen MR) is 93.8 cm³/mol. The summed E-state index contributed by atoms with van der Waals surface area (Å²) in [6.45, 7) is 0. The molecule has 0 spiro atoms. The number of benzene rings is 2. The monoisotopic (exact) mass is 351 g/mol. The number of aromatic nitrogens is 2. The van der Waals surface area contributed by atoms with Crippen LogP contribution < -0.4 is 5.43 Å². The van der Waals surface area contributed by atoms with Gasteiger partial charge < -0.3 is 5.11 Å². The number of H-pyrrole nitrogens is 1. The Morgan fingerprint density at radius 2 is 2.04 bits per heavy atom. The van der Waals surface area contributed by atoms with Crippen LogP contribution in [0.25, 0.3) is 11.3 Å². The fourth-order valence-corrected chi connectivity index (χ4v) is 2.18. The molecule has 0 bridgehead atoms. The van der Waals surface area contributed by atoms with Crippen molar-refractivity contribution < 1.29 is 14.8 Å². The number of nitrogens with zero attached hydrogens (tertiary/aromatic N) is 3. The first kappa shape index (κ1) is 16.8. The van der Waals surface area contributed by atoms with Crippen LogP contribution in [0, 0.1) is 10.1 Å². The molecule has 9 nitrogen and oxygen atoms in total. The minimum absolute atomic E-state index is 0.0417. The SMILES string of the molecule is O=C(NN=Cc1ccccc1O)c1cc(-c2cccc([N+](=O)[O-])c2)n[nH]1. The van der Waals surface area contributed by atoms with Crippen molar-refractivity contribution >= 4 is 17.8 Å². The molecule has 130 valence electrons. The van der Waals surface area contributed by atoms with Crippen molar-refractivity contribution in [3.05, 3.63) is 76.0 Å². The van der Waals surface area contributed by atoms with Gasteiger partial charge in [0.15, 0.2) is 0 Å². The maximum Gasteiger partial charge on any atom is 0.289 e. The van der Waals surface area contributed by atoms with Crippen molar-refractivity contribution in [2.24, 2.45) is 5.10 Å². The molecule has 1 heterocycles. The number of carbonyl (C=O) groups excluding carboxylic acids is 1. The Morgan fingerprint density at radius 3 is 2.81 bits per heavy atom. The predicted octanol–water partition coefficient (Wildman–Crippen LogP) is 2.45. The topological polar surface area (TPSA) is 134 Å². The average Bonchev–Trinajstić information content (AvgIpc) is 3.13. The van der Waals surface area contributed by atoms with Crippen LogP contribution in [0.5, 0.6) is 5.75 Å². The summed E-state index contributed by atoms with van der Waals surface area (Å²) in [5.74, 6) is -0.499. The van der Waals surface area contributed by atoms with E-state index in [4.69, 9.17) is 0 Å². The molecule has 26 heavy (non-hydrogen) atoms. The average molecular weight is 351 g/mol. The zero-order valence-electron chi connectivity index (χ0n) is 13.3. The molecule has 0 saturated carbocycles. The number of rotatable bonds is 5. The number of nitro groups is 1. The minimum Gasteiger partial charge on any atom is -0.507 e. The number of phenols is 1. The Morgan fingerprint density at radius 1 is 1.23 bits per heavy atom. The van der Waals surface area contributed by atoms with Crippen molar-refractivity contribution in [3.8, 4) is 17.0 Å². The van der Waals surface area contributed by atoms with E-state index in [0.717, 1.165) is 0 Å². The first-order chi connectivity index (χ1) is 12.5. The number of hydrogen-bond donors (Lipinski definition) is 3. The van der Waals surface area contributed by atoms with E-state index >= 15 is 0 Å². The summed E-state index contributed by atoms with van der Waals surface area (Å²) in [6.07, 6.45) is 1.31. The van der Waals surface area contributed by atoms with Gasteiger partial charge in [0, 0.05) is 23.3 Å². The second kappa shape index (κ2) is 7.26. The Bertz CT molecular complexity index is 996. The number of hydrazone groups is 1. The molecular formula is C17H13N5O4. The molecular weight excluding hydrogens is 338 g/mol. The summed E-state index contributed by atoms with van der Waals surface area (Å²) in [5, 5.41) is 30.8. The van der Waals surface area contributed by atoms with Crippen molar-refractivity contribution in [2.75, 3.05) is 0 Å². The van der Waals surface area contributed by atoms with Gasteiger partial charge in [-0.25, -0.2) is 5.43 Å². The highest BCUT2D eigenvalue weighted by Gasteiger charge is 2.13. The summed E-state index contributed by atoms with van der Waals surface area (Å²) in [5.41, 5.74) is 3.74. The van der Waals surface area contributed by atoms with Crippen molar-refractivity contribution in [3.63, 3.8) is 0 Å². The maximum atomic E-state index is 12.1. The zero-order valence-corrected chi connectivity index (χ0v) is 13.3. The number of phenolic OH excluding ortho intramolecular Hbond substituents is 1. The molecule has 0 saturated heterocycles. The van der Waals surface area contributed by atoms with Gasteiger partial charge in [0.1, 0.15) is 11.4 Å². The minimum atomic E-state index is -0.541. The van der Waals surface area contributed by atoms with Gasteiger partial charge in [-0.2, -0.15) is 10.2 Å². The number of aromatic hydroxyl groups is 1. The molecule has 3 aromatic rings. The van der Waals surface area contributed by atoms with Crippen LogP contribution in [0.3, 0.4) is 0 Å². The van der Waals surface area contributed by atoms with E-state index in [2.05, 4.69) is 20.7 Å². The molecule has 1 aromatic heterocycles. The molecule has 3 N–H and O–H groups in total. The lowest BCUT2D eigenvalue weighted by Gasteiger charge is -1.98.